The zero-order valence-electron chi connectivity index (χ0n) is 14.9. The Bertz CT molecular complexity index is 796. The number of nitrogens with one attached hydrogen (secondary N) is 1. The van der Waals surface area contributed by atoms with Crippen molar-refractivity contribution in [3.8, 4) is 11.5 Å². The third kappa shape index (κ3) is 6.07. The summed E-state index contributed by atoms with van der Waals surface area (Å²) < 4.78 is 11.5. The molecular formula is C19H21BrN2O3S. The SMILES string of the molecule is COc1ccc(/C(C)=N\NC(=O)CSCc2cccc(Br)c2)cc1OC. The largest absolute Gasteiger partial charge is 0.493 e. The van der Waals surface area contributed by atoms with E-state index in [0.29, 0.717) is 23.0 Å². The van der Waals surface area contributed by atoms with E-state index in [9.17, 15) is 4.79 Å². The maximum Gasteiger partial charge on any atom is 0.250 e. The molecule has 0 bridgehead atoms. The summed E-state index contributed by atoms with van der Waals surface area (Å²) >= 11 is 4.99. The first kappa shape index (κ1) is 20.3. The lowest BCUT2D eigenvalue weighted by atomic mass is 10.1. The smallest absolute Gasteiger partial charge is 0.250 e. The number of amides is 1. The lowest BCUT2D eigenvalue weighted by molar-refractivity contribution is -0.118. The number of benzene rings is 2. The highest BCUT2D eigenvalue weighted by atomic mass is 79.9. The molecule has 5 nitrogen and oxygen atoms in total. The summed E-state index contributed by atoms with van der Waals surface area (Å²) in [5, 5.41) is 4.16. The van der Waals surface area contributed by atoms with Crippen LogP contribution in [-0.2, 0) is 10.5 Å². The van der Waals surface area contributed by atoms with E-state index in [2.05, 4.69) is 26.5 Å². The van der Waals surface area contributed by atoms with E-state index in [-0.39, 0.29) is 5.91 Å². The molecule has 26 heavy (non-hydrogen) atoms. The van der Waals surface area contributed by atoms with Crippen LogP contribution < -0.4 is 14.9 Å². The van der Waals surface area contributed by atoms with Crippen molar-refractivity contribution >= 4 is 39.3 Å². The molecule has 0 spiro atoms. The number of hydrogen-bond acceptors (Lipinski definition) is 5. The topological polar surface area (TPSA) is 59.9 Å². The first-order valence-corrected chi connectivity index (χ1v) is 9.86. The molecule has 0 atom stereocenters. The highest BCUT2D eigenvalue weighted by Crippen LogP contribution is 2.27. The zero-order valence-corrected chi connectivity index (χ0v) is 17.3. The summed E-state index contributed by atoms with van der Waals surface area (Å²) in [5.41, 5.74) is 5.30. The second kappa shape index (κ2) is 10.2. The first-order chi connectivity index (χ1) is 12.5. The summed E-state index contributed by atoms with van der Waals surface area (Å²) in [7, 11) is 3.17. The van der Waals surface area contributed by atoms with E-state index in [1.807, 2.05) is 49.4 Å². The van der Waals surface area contributed by atoms with Crippen LogP contribution in [0.25, 0.3) is 0 Å². The minimum absolute atomic E-state index is 0.134. The van der Waals surface area contributed by atoms with Gasteiger partial charge in [0.05, 0.1) is 25.7 Å². The van der Waals surface area contributed by atoms with E-state index >= 15 is 0 Å². The summed E-state index contributed by atoms with van der Waals surface area (Å²) in [6.07, 6.45) is 0. The molecule has 0 saturated heterocycles. The van der Waals surface area contributed by atoms with Gasteiger partial charge in [0, 0.05) is 15.8 Å². The highest BCUT2D eigenvalue weighted by Gasteiger charge is 2.07. The molecule has 2 aromatic rings. The Hall–Kier alpha value is -1.99. The van der Waals surface area contributed by atoms with Gasteiger partial charge in [-0.2, -0.15) is 5.10 Å². The van der Waals surface area contributed by atoms with Gasteiger partial charge in [-0.3, -0.25) is 4.79 Å². The molecule has 0 unspecified atom stereocenters. The van der Waals surface area contributed by atoms with E-state index in [1.165, 1.54) is 5.56 Å². The van der Waals surface area contributed by atoms with Gasteiger partial charge in [-0.15, -0.1) is 11.8 Å². The Labute approximate surface area is 166 Å². The molecule has 0 saturated carbocycles. The van der Waals surface area contributed by atoms with Crippen molar-refractivity contribution in [3.63, 3.8) is 0 Å². The standard InChI is InChI=1S/C19H21BrN2O3S/c1-13(15-7-8-17(24-2)18(10-15)25-3)21-22-19(23)12-26-11-14-5-4-6-16(20)9-14/h4-10H,11-12H2,1-3H3,(H,22,23)/b21-13-. The van der Waals surface area contributed by atoms with Crippen LogP contribution in [0, 0.1) is 0 Å². The van der Waals surface area contributed by atoms with Crippen LogP contribution in [0.3, 0.4) is 0 Å². The number of thioether (sulfide) groups is 1. The van der Waals surface area contributed by atoms with Gasteiger partial charge < -0.3 is 9.47 Å². The Kier molecular flexibility index (Phi) is 8.00. The number of hydrazone groups is 1. The van der Waals surface area contributed by atoms with Crippen molar-refractivity contribution in [1.82, 2.24) is 5.43 Å². The van der Waals surface area contributed by atoms with Crippen LogP contribution in [0.4, 0.5) is 0 Å². The Morgan fingerprint density at radius 1 is 1.15 bits per heavy atom. The van der Waals surface area contributed by atoms with E-state index in [0.717, 1.165) is 15.8 Å². The second-order valence-electron chi connectivity index (χ2n) is 5.42. The van der Waals surface area contributed by atoms with Crippen molar-refractivity contribution in [2.45, 2.75) is 12.7 Å². The number of halogens is 1. The number of methoxy groups -OCH3 is 2. The van der Waals surface area contributed by atoms with Gasteiger partial charge >= 0.3 is 0 Å². The molecule has 0 radical (unpaired) electrons. The summed E-state index contributed by atoms with van der Waals surface area (Å²) in [5.74, 6) is 2.25. The predicted molar refractivity (Wildman–Crippen MR) is 110 cm³/mol. The number of carbonyl (C=O) groups is 1. The van der Waals surface area contributed by atoms with E-state index in [4.69, 9.17) is 9.47 Å². The van der Waals surface area contributed by atoms with Crippen LogP contribution in [0.2, 0.25) is 0 Å². The monoisotopic (exact) mass is 436 g/mol. The fraction of sp³-hybridized carbons (Fsp3) is 0.263. The third-order valence-electron chi connectivity index (χ3n) is 3.54. The number of ether oxygens (including phenoxy) is 2. The number of hydrogen-bond donors (Lipinski definition) is 1. The van der Waals surface area contributed by atoms with Crippen molar-refractivity contribution in [1.29, 1.82) is 0 Å². The number of nitrogens with zero attached hydrogens (tertiary/aromatic N) is 1. The van der Waals surface area contributed by atoms with Crippen molar-refractivity contribution in [2.24, 2.45) is 5.10 Å². The molecule has 0 aliphatic carbocycles. The Balaban J connectivity index is 1.86. The molecule has 7 heteroatoms. The van der Waals surface area contributed by atoms with Gasteiger partial charge in [0.15, 0.2) is 11.5 Å². The lowest BCUT2D eigenvalue weighted by Gasteiger charge is -2.09. The average Bonchev–Trinajstić information content (AvgIpc) is 2.65. The van der Waals surface area contributed by atoms with Crippen LogP contribution in [0.15, 0.2) is 52.0 Å². The molecular weight excluding hydrogens is 416 g/mol. The minimum atomic E-state index is -0.134. The van der Waals surface area contributed by atoms with Gasteiger partial charge in [0.2, 0.25) is 5.91 Å². The summed E-state index contributed by atoms with van der Waals surface area (Å²) in [4.78, 5) is 12.0. The molecule has 0 aliphatic heterocycles. The van der Waals surface area contributed by atoms with Gasteiger partial charge in [-0.25, -0.2) is 5.43 Å². The predicted octanol–water partition coefficient (Wildman–Crippen LogP) is 4.24. The fourth-order valence-electron chi connectivity index (χ4n) is 2.19. The molecule has 0 aliphatic rings. The molecule has 1 N–H and O–H groups in total. The molecule has 1 amide bonds. The van der Waals surface area contributed by atoms with Gasteiger partial charge in [-0.05, 0) is 42.8 Å². The van der Waals surface area contributed by atoms with Gasteiger partial charge in [0.1, 0.15) is 0 Å². The van der Waals surface area contributed by atoms with Gasteiger partial charge in [0.25, 0.3) is 0 Å². The van der Waals surface area contributed by atoms with Crippen molar-refractivity contribution in [2.75, 3.05) is 20.0 Å². The maximum atomic E-state index is 12.0. The minimum Gasteiger partial charge on any atom is -0.493 e. The van der Waals surface area contributed by atoms with Crippen LogP contribution in [-0.4, -0.2) is 31.6 Å². The lowest BCUT2D eigenvalue weighted by Crippen LogP contribution is -2.21. The van der Waals surface area contributed by atoms with Gasteiger partial charge in [-0.1, -0.05) is 28.1 Å². The summed E-state index contributed by atoms with van der Waals surface area (Å²) in [6.45, 7) is 1.83. The van der Waals surface area contributed by atoms with Crippen molar-refractivity contribution in [3.05, 3.63) is 58.1 Å². The third-order valence-corrected chi connectivity index (χ3v) is 5.04. The fourth-order valence-corrected chi connectivity index (χ4v) is 3.41. The van der Waals surface area contributed by atoms with Crippen LogP contribution >= 0.6 is 27.7 Å². The average molecular weight is 437 g/mol. The molecule has 0 aromatic heterocycles. The normalized spacial score (nSPS) is 11.2. The Morgan fingerprint density at radius 3 is 2.62 bits per heavy atom. The summed E-state index contributed by atoms with van der Waals surface area (Å²) in [6, 6.07) is 13.5. The van der Waals surface area contributed by atoms with Crippen LogP contribution in [0.1, 0.15) is 18.1 Å². The molecule has 2 rings (SSSR count). The van der Waals surface area contributed by atoms with Crippen LogP contribution in [0.5, 0.6) is 11.5 Å². The quantitative estimate of drug-likeness (QED) is 0.496. The number of rotatable bonds is 8. The maximum absolute atomic E-state index is 12.0. The van der Waals surface area contributed by atoms with E-state index < -0.39 is 0 Å². The molecule has 138 valence electrons. The Morgan fingerprint density at radius 2 is 1.92 bits per heavy atom. The van der Waals surface area contributed by atoms with Crippen molar-refractivity contribution < 1.29 is 14.3 Å². The highest BCUT2D eigenvalue weighted by molar-refractivity contribution is 9.10. The molecule has 0 heterocycles. The first-order valence-electron chi connectivity index (χ1n) is 7.91. The molecule has 0 fully saturated rings. The molecule has 2 aromatic carbocycles. The zero-order chi connectivity index (χ0) is 18.9. The number of carbonyl (C=O) groups excluding carboxylic acids is 1. The van der Waals surface area contributed by atoms with E-state index in [1.54, 1.807) is 26.0 Å². The second-order valence-corrected chi connectivity index (χ2v) is 7.33.